The molecule has 4 nitrogen and oxygen atoms in total. The number of nitrogens with zero attached hydrogens (tertiary/aromatic N) is 2. The SMILES string of the molecule is CCc1nc(NCCCc2cccc(-c3cccc(OC(F)(F)F)c3)c2)c2cc(C)sc2n1. The van der Waals surface area contributed by atoms with E-state index in [1.807, 2.05) is 31.2 Å². The van der Waals surface area contributed by atoms with E-state index in [4.69, 9.17) is 0 Å². The highest BCUT2D eigenvalue weighted by molar-refractivity contribution is 7.18. The highest BCUT2D eigenvalue weighted by atomic mass is 32.1. The fourth-order valence-corrected chi connectivity index (χ4v) is 4.56. The highest BCUT2D eigenvalue weighted by Gasteiger charge is 2.31. The Labute approximate surface area is 194 Å². The quantitative estimate of drug-likeness (QED) is 0.277. The predicted octanol–water partition coefficient (Wildman–Crippen LogP) is 7.17. The van der Waals surface area contributed by atoms with E-state index in [-0.39, 0.29) is 5.75 Å². The summed E-state index contributed by atoms with van der Waals surface area (Å²) in [4.78, 5) is 11.5. The number of aromatic nitrogens is 2. The number of thiophene rings is 1. The number of nitrogens with one attached hydrogen (secondary N) is 1. The van der Waals surface area contributed by atoms with Crippen molar-refractivity contribution in [3.63, 3.8) is 0 Å². The Hall–Kier alpha value is -3.13. The first-order valence-electron chi connectivity index (χ1n) is 10.8. The summed E-state index contributed by atoms with van der Waals surface area (Å²) in [6.45, 7) is 4.87. The maximum atomic E-state index is 12.5. The number of benzene rings is 2. The predicted molar refractivity (Wildman–Crippen MR) is 127 cm³/mol. The normalized spacial score (nSPS) is 11.7. The maximum Gasteiger partial charge on any atom is 0.573 e. The number of aryl methyl sites for hydroxylation is 3. The molecule has 2 aromatic heterocycles. The molecule has 0 bridgehead atoms. The third-order valence-corrected chi connectivity index (χ3v) is 6.09. The third kappa shape index (κ3) is 6.01. The average molecular weight is 472 g/mol. The Bertz CT molecular complexity index is 1250. The van der Waals surface area contributed by atoms with Gasteiger partial charge in [-0.15, -0.1) is 24.5 Å². The summed E-state index contributed by atoms with van der Waals surface area (Å²) in [5.41, 5.74) is 2.65. The molecule has 0 aliphatic heterocycles. The van der Waals surface area contributed by atoms with Gasteiger partial charge in [0.25, 0.3) is 0 Å². The molecule has 1 N–H and O–H groups in total. The number of ether oxygens (including phenoxy) is 1. The number of halogens is 3. The fraction of sp³-hybridized carbons (Fsp3) is 0.280. The zero-order valence-electron chi connectivity index (χ0n) is 18.4. The Kier molecular flexibility index (Phi) is 6.83. The lowest BCUT2D eigenvalue weighted by Crippen LogP contribution is -2.17. The molecule has 0 aliphatic rings. The summed E-state index contributed by atoms with van der Waals surface area (Å²) in [5.74, 6) is 1.48. The van der Waals surface area contributed by atoms with Gasteiger partial charge in [-0.25, -0.2) is 9.97 Å². The Balaban J connectivity index is 1.40. The molecule has 0 spiro atoms. The van der Waals surface area contributed by atoms with Gasteiger partial charge in [-0.3, -0.25) is 0 Å². The molecule has 172 valence electrons. The van der Waals surface area contributed by atoms with Crippen LogP contribution in [0.25, 0.3) is 21.3 Å². The molecule has 0 saturated heterocycles. The number of hydrogen-bond acceptors (Lipinski definition) is 5. The van der Waals surface area contributed by atoms with Crippen LogP contribution in [0, 0.1) is 6.92 Å². The van der Waals surface area contributed by atoms with Gasteiger partial charge in [-0.05, 0) is 54.7 Å². The van der Waals surface area contributed by atoms with Gasteiger partial charge in [0.1, 0.15) is 22.2 Å². The van der Waals surface area contributed by atoms with Crippen LogP contribution in [0.5, 0.6) is 5.75 Å². The first-order chi connectivity index (χ1) is 15.8. The molecule has 0 atom stereocenters. The van der Waals surface area contributed by atoms with E-state index in [0.717, 1.165) is 58.8 Å². The summed E-state index contributed by atoms with van der Waals surface area (Å²) in [6, 6.07) is 16.0. The molecule has 8 heteroatoms. The molecule has 0 saturated carbocycles. The average Bonchev–Trinajstić information content (AvgIpc) is 3.16. The van der Waals surface area contributed by atoms with Gasteiger partial charge in [0, 0.05) is 17.8 Å². The molecule has 2 aromatic carbocycles. The molecule has 0 unspecified atom stereocenters. The minimum Gasteiger partial charge on any atom is -0.406 e. The molecule has 33 heavy (non-hydrogen) atoms. The van der Waals surface area contributed by atoms with E-state index in [1.165, 1.54) is 17.0 Å². The van der Waals surface area contributed by atoms with Crippen LogP contribution in [0.3, 0.4) is 0 Å². The van der Waals surface area contributed by atoms with Gasteiger partial charge in [0.15, 0.2) is 0 Å². The second kappa shape index (κ2) is 9.79. The van der Waals surface area contributed by atoms with Crippen molar-refractivity contribution >= 4 is 27.4 Å². The molecule has 0 amide bonds. The van der Waals surface area contributed by atoms with Crippen molar-refractivity contribution in [2.24, 2.45) is 0 Å². The van der Waals surface area contributed by atoms with Crippen LogP contribution < -0.4 is 10.1 Å². The van der Waals surface area contributed by atoms with Crippen molar-refractivity contribution in [2.45, 2.75) is 39.5 Å². The lowest BCUT2D eigenvalue weighted by atomic mass is 10.0. The van der Waals surface area contributed by atoms with Gasteiger partial charge >= 0.3 is 6.36 Å². The molecule has 0 radical (unpaired) electrons. The minimum atomic E-state index is -4.71. The van der Waals surface area contributed by atoms with E-state index >= 15 is 0 Å². The first-order valence-corrected chi connectivity index (χ1v) is 11.6. The Morgan fingerprint density at radius 1 is 1.00 bits per heavy atom. The van der Waals surface area contributed by atoms with Crippen LogP contribution >= 0.6 is 11.3 Å². The van der Waals surface area contributed by atoms with Crippen molar-refractivity contribution < 1.29 is 17.9 Å². The second-order valence-electron chi connectivity index (χ2n) is 7.72. The number of anilines is 1. The van der Waals surface area contributed by atoms with Crippen LogP contribution in [0.15, 0.2) is 54.6 Å². The van der Waals surface area contributed by atoms with Crippen LogP contribution in [-0.4, -0.2) is 22.9 Å². The van der Waals surface area contributed by atoms with Crippen LogP contribution in [0.2, 0.25) is 0 Å². The standard InChI is InChI=1S/C25H24F3N3OS/c1-3-22-30-23(21-13-16(2)33-24(21)31-22)29-12-6-8-17-7-4-9-18(14-17)19-10-5-11-20(15-19)32-25(26,27)28/h4-5,7,9-11,13-15H,3,6,8,12H2,1-2H3,(H,29,30,31). The summed E-state index contributed by atoms with van der Waals surface area (Å²) < 4.78 is 41.6. The van der Waals surface area contributed by atoms with Gasteiger partial charge in [-0.2, -0.15) is 0 Å². The fourth-order valence-electron chi connectivity index (χ4n) is 3.66. The molecular formula is C25H24F3N3OS. The zero-order chi connectivity index (χ0) is 23.4. The van der Waals surface area contributed by atoms with E-state index in [1.54, 1.807) is 23.5 Å². The van der Waals surface area contributed by atoms with Crippen molar-refractivity contribution in [1.82, 2.24) is 9.97 Å². The van der Waals surface area contributed by atoms with Gasteiger partial charge < -0.3 is 10.1 Å². The molecule has 4 rings (SSSR count). The van der Waals surface area contributed by atoms with Crippen molar-refractivity contribution in [3.8, 4) is 16.9 Å². The monoisotopic (exact) mass is 471 g/mol. The Morgan fingerprint density at radius 3 is 2.52 bits per heavy atom. The smallest absolute Gasteiger partial charge is 0.406 e. The van der Waals surface area contributed by atoms with E-state index in [2.05, 4.69) is 33.0 Å². The summed E-state index contributed by atoms with van der Waals surface area (Å²) >= 11 is 1.67. The van der Waals surface area contributed by atoms with Crippen molar-refractivity contribution in [3.05, 3.63) is 70.9 Å². The number of hydrogen-bond donors (Lipinski definition) is 1. The van der Waals surface area contributed by atoms with Crippen LogP contribution in [-0.2, 0) is 12.8 Å². The number of fused-ring (bicyclic) bond motifs is 1. The van der Waals surface area contributed by atoms with Crippen LogP contribution in [0.4, 0.5) is 19.0 Å². The van der Waals surface area contributed by atoms with Crippen molar-refractivity contribution in [1.29, 1.82) is 0 Å². The van der Waals surface area contributed by atoms with E-state index < -0.39 is 6.36 Å². The van der Waals surface area contributed by atoms with E-state index in [9.17, 15) is 13.2 Å². The van der Waals surface area contributed by atoms with Gasteiger partial charge in [-0.1, -0.05) is 43.3 Å². The Morgan fingerprint density at radius 2 is 1.76 bits per heavy atom. The summed E-state index contributed by atoms with van der Waals surface area (Å²) in [7, 11) is 0. The topological polar surface area (TPSA) is 47.0 Å². The first kappa shape index (κ1) is 23.0. The molecule has 0 aliphatic carbocycles. The van der Waals surface area contributed by atoms with Crippen LogP contribution in [0.1, 0.15) is 29.6 Å². The third-order valence-electron chi connectivity index (χ3n) is 5.14. The minimum absolute atomic E-state index is 0.221. The molecule has 2 heterocycles. The second-order valence-corrected chi connectivity index (χ2v) is 8.96. The highest BCUT2D eigenvalue weighted by Crippen LogP contribution is 2.30. The molecule has 0 fully saturated rings. The lowest BCUT2D eigenvalue weighted by molar-refractivity contribution is -0.274. The molecular weight excluding hydrogens is 447 g/mol. The van der Waals surface area contributed by atoms with E-state index in [0.29, 0.717) is 5.56 Å². The zero-order valence-corrected chi connectivity index (χ0v) is 19.2. The molecule has 4 aromatic rings. The number of alkyl halides is 3. The lowest BCUT2D eigenvalue weighted by Gasteiger charge is -2.11. The van der Waals surface area contributed by atoms with Gasteiger partial charge in [0.2, 0.25) is 0 Å². The number of rotatable bonds is 8. The maximum absolute atomic E-state index is 12.5. The van der Waals surface area contributed by atoms with Crippen molar-refractivity contribution in [2.75, 3.05) is 11.9 Å². The summed E-state index contributed by atoms with van der Waals surface area (Å²) in [5, 5.41) is 4.51. The largest absolute Gasteiger partial charge is 0.573 e. The summed E-state index contributed by atoms with van der Waals surface area (Å²) in [6.07, 6.45) is -2.21. The van der Waals surface area contributed by atoms with Gasteiger partial charge in [0.05, 0.1) is 5.39 Å².